The SMILES string of the molecule is CCCCCCCCCC(CCCCCCC)COP(=O)(OCC)OCC(CCCCCCC)CCCCCCCCC. The second kappa shape index (κ2) is 33.5. The molecule has 43 heavy (non-hydrogen) atoms. The maximum atomic E-state index is 13.7. The summed E-state index contributed by atoms with van der Waals surface area (Å²) in [5.41, 5.74) is 0. The van der Waals surface area contributed by atoms with Crippen molar-refractivity contribution in [3.05, 3.63) is 0 Å². The van der Waals surface area contributed by atoms with Crippen LogP contribution in [0.2, 0.25) is 0 Å². The maximum absolute atomic E-state index is 13.7. The quantitative estimate of drug-likeness (QED) is 0.0510. The number of unbranched alkanes of at least 4 members (excludes halogenated alkanes) is 20. The summed E-state index contributed by atoms with van der Waals surface area (Å²) >= 11 is 0. The lowest BCUT2D eigenvalue weighted by Crippen LogP contribution is -2.14. The maximum Gasteiger partial charge on any atom is 0.474 e. The first-order valence-electron chi connectivity index (χ1n) is 19.6. The van der Waals surface area contributed by atoms with E-state index in [2.05, 4.69) is 27.7 Å². The first-order chi connectivity index (χ1) is 21.0. The molecule has 0 aliphatic rings. The standard InChI is InChI=1S/C38H79O4P/c1-6-11-15-19-21-25-29-33-37(31-27-23-17-13-8-3)35-41-43(39,40-10-5)42-36-38(32-28-24-18-14-9-4)34-30-26-22-20-16-12-7-2/h37-38H,6-36H2,1-5H3. The fourth-order valence-corrected chi connectivity index (χ4v) is 7.47. The zero-order valence-corrected chi connectivity index (χ0v) is 31.0. The Morgan fingerprint density at radius 1 is 0.372 bits per heavy atom. The Kier molecular flexibility index (Phi) is 33.6. The molecule has 0 aromatic rings. The molecule has 0 heterocycles. The molecular formula is C38H79O4P. The van der Waals surface area contributed by atoms with E-state index < -0.39 is 7.82 Å². The average Bonchev–Trinajstić information content (AvgIpc) is 3.00. The van der Waals surface area contributed by atoms with Crippen molar-refractivity contribution < 1.29 is 18.1 Å². The molecule has 0 amide bonds. The monoisotopic (exact) mass is 631 g/mol. The van der Waals surface area contributed by atoms with Gasteiger partial charge in [-0.05, 0) is 44.4 Å². The van der Waals surface area contributed by atoms with Gasteiger partial charge in [0.15, 0.2) is 0 Å². The largest absolute Gasteiger partial charge is 0.474 e. The molecule has 260 valence electrons. The van der Waals surface area contributed by atoms with Crippen molar-refractivity contribution in [2.45, 2.75) is 214 Å². The van der Waals surface area contributed by atoms with Crippen LogP contribution in [0.3, 0.4) is 0 Å². The van der Waals surface area contributed by atoms with Crippen molar-refractivity contribution in [1.82, 2.24) is 0 Å². The molecule has 0 radical (unpaired) electrons. The molecule has 0 N–H and O–H groups in total. The minimum absolute atomic E-state index is 0.357. The second-order valence-corrected chi connectivity index (χ2v) is 15.1. The minimum atomic E-state index is -3.54. The van der Waals surface area contributed by atoms with Gasteiger partial charge >= 0.3 is 7.82 Å². The Morgan fingerprint density at radius 2 is 0.628 bits per heavy atom. The fraction of sp³-hybridized carbons (Fsp3) is 1.00. The van der Waals surface area contributed by atoms with E-state index in [4.69, 9.17) is 13.6 Å². The average molecular weight is 631 g/mol. The smallest absolute Gasteiger partial charge is 0.287 e. The van der Waals surface area contributed by atoms with Gasteiger partial charge in [-0.15, -0.1) is 0 Å². The van der Waals surface area contributed by atoms with Crippen molar-refractivity contribution in [2.24, 2.45) is 11.8 Å². The Bertz CT molecular complexity index is 540. The molecule has 0 saturated carbocycles. The first kappa shape index (κ1) is 43.1. The Hall–Kier alpha value is 0.110. The third kappa shape index (κ3) is 29.3. The highest BCUT2D eigenvalue weighted by Crippen LogP contribution is 2.50. The van der Waals surface area contributed by atoms with Crippen molar-refractivity contribution in [3.63, 3.8) is 0 Å². The zero-order chi connectivity index (χ0) is 31.7. The van der Waals surface area contributed by atoms with Gasteiger partial charge in [-0.3, -0.25) is 13.6 Å². The van der Waals surface area contributed by atoms with E-state index in [1.54, 1.807) is 0 Å². The lowest BCUT2D eigenvalue weighted by molar-refractivity contribution is 0.0848. The fourth-order valence-electron chi connectivity index (χ4n) is 6.14. The highest BCUT2D eigenvalue weighted by molar-refractivity contribution is 7.48. The molecule has 5 heteroatoms. The zero-order valence-electron chi connectivity index (χ0n) is 30.2. The normalized spacial score (nSPS) is 14.6. The lowest BCUT2D eigenvalue weighted by atomic mass is 9.95. The summed E-state index contributed by atoms with van der Waals surface area (Å²) in [4.78, 5) is 0. The van der Waals surface area contributed by atoms with Gasteiger partial charge in [-0.2, -0.15) is 0 Å². The van der Waals surface area contributed by atoms with Crippen LogP contribution in [0.15, 0.2) is 0 Å². The van der Waals surface area contributed by atoms with Gasteiger partial charge in [0.1, 0.15) is 0 Å². The lowest BCUT2D eigenvalue weighted by Gasteiger charge is -2.24. The number of phosphoric acid groups is 1. The van der Waals surface area contributed by atoms with E-state index in [0.29, 0.717) is 31.7 Å². The topological polar surface area (TPSA) is 44.8 Å². The van der Waals surface area contributed by atoms with Crippen molar-refractivity contribution in [2.75, 3.05) is 19.8 Å². The Morgan fingerprint density at radius 3 is 0.884 bits per heavy atom. The molecule has 0 aromatic heterocycles. The second-order valence-electron chi connectivity index (χ2n) is 13.4. The molecule has 0 rings (SSSR count). The molecule has 0 aromatic carbocycles. The predicted octanol–water partition coefficient (Wildman–Crippen LogP) is 14.4. The van der Waals surface area contributed by atoms with Gasteiger partial charge in [0.25, 0.3) is 0 Å². The van der Waals surface area contributed by atoms with Crippen LogP contribution in [0.5, 0.6) is 0 Å². The summed E-state index contributed by atoms with van der Waals surface area (Å²) < 4.78 is 31.7. The Balaban J connectivity index is 4.92. The van der Waals surface area contributed by atoms with Gasteiger partial charge < -0.3 is 0 Å². The van der Waals surface area contributed by atoms with Crippen LogP contribution in [0.25, 0.3) is 0 Å². The summed E-state index contributed by atoms with van der Waals surface area (Å²) in [5.74, 6) is 0.883. The molecule has 0 spiro atoms. The predicted molar refractivity (Wildman–Crippen MR) is 190 cm³/mol. The number of phosphoric ester groups is 1. The molecule has 0 fully saturated rings. The summed E-state index contributed by atoms with van der Waals surface area (Å²) in [6.07, 6.45) is 36.1. The van der Waals surface area contributed by atoms with E-state index in [1.165, 1.54) is 154 Å². The molecular weight excluding hydrogens is 551 g/mol. The first-order valence-corrected chi connectivity index (χ1v) is 21.0. The van der Waals surface area contributed by atoms with Gasteiger partial charge in [0.05, 0.1) is 19.8 Å². The van der Waals surface area contributed by atoms with Crippen LogP contribution in [-0.2, 0) is 18.1 Å². The summed E-state index contributed by atoms with van der Waals surface area (Å²) in [6.45, 7) is 12.4. The van der Waals surface area contributed by atoms with Gasteiger partial charge in [-0.1, -0.05) is 182 Å². The number of rotatable bonds is 36. The molecule has 0 saturated heterocycles. The molecule has 0 aliphatic carbocycles. The third-order valence-corrected chi connectivity index (χ3v) is 10.6. The van der Waals surface area contributed by atoms with Crippen LogP contribution in [-0.4, -0.2) is 19.8 Å². The highest BCUT2D eigenvalue weighted by Gasteiger charge is 2.29. The Labute approximate surface area is 271 Å². The summed E-state index contributed by atoms with van der Waals surface area (Å²) in [7, 11) is -3.54. The molecule has 0 bridgehead atoms. The van der Waals surface area contributed by atoms with E-state index in [1.807, 2.05) is 6.92 Å². The number of hydrogen-bond acceptors (Lipinski definition) is 4. The van der Waals surface area contributed by atoms with Crippen LogP contribution in [0.1, 0.15) is 214 Å². The van der Waals surface area contributed by atoms with Crippen LogP contribution >= 0.6 is 7.82 Å². The van der Waals surface area contributed by atoms with Gasteiger partial charge in [-0.25, -0.2) is 4.57 Å². The van der Waals surface area contributed by atoms with Crippen molar-refractivity contribution in [3.8, 4) is 0 Å². The summed E-state index contributed by atoms with van der Waals surface area (Å²) in [5, 5.41) is 0. The highest BCUT2D eigenvalue weighted by atomic mass is 31.2. The van der Waals surface area contributed by atoms with Crippen molar-refractivity contribution in [1.29, 1.82) is 0 Å². The van der Waals surface area contributed by atoms with Crippen molar-refractivity contribution >= 4 is 7.82 Å². The van der Waals surface area contributed by atoms with Crippen LogP contribution in [0.4, 0.5) is 0 Å². The van der Waals surface area contributed by atoms with Crippen LogP contribution < -0.4 is 0 Å². The van der Waals surface area contributed by atoms with E-state index in [9.17, 15) is 4.57 Å². The van der Waals surface area contributed by atoms with E-state index in [0.717, 1.165) is 25.7 Å². The number of hydrogen-bond donors (Lipinski definition) is 0. The molecule has 2 unspecified atom stereocenters. The van der Waals surface area contributed by atoms with Crippen LogP contribution in [0, 0.1) is 11.8 Å². The molecule has 4 nitrogen and oxygen atoms in total. The summed E-state index contributed by atoms with van der Waals surface area (Å²) in [6, 6.07) is 0. The van der Waals surface area contributed by atoms with Gasteiger partial charge in [0.2, 0.25) is 0 Å². The van der Waals surface area contributed by atoms with E-state index in [-0.39, 0.29) is 0 Å². The molecule has 2 atom stereocenters. The van der Waals surface area contributed by atoms with E-state index >= 15 is 0 Å². The molecule has 0 aliphatic heterocycles. The third-order valence-electron chi connectivity index (χ3n) is 9.09. The van der Waals surface area contributed by atoms with Gasteiger partial charge in [0, 0.05) is 0 Å². The minimum Gasteiger partial charge on any atom is -0.287 e.